The Hall–Kier alpha value is -1.32. The molecule has 1 unspecified atom stereocenters. The Morgan fingerprint density at radius 3 is 2.81 bits per heavy atom. The lowest BCUT2D eigenvalue weighted by atomic mass is 10.0. The summed E-state index contributed by atoms with van der Waals surface area (Å²) in [4.78, 5) is 1.31. The van der Waals surface area contributed by atoms with Gasteiger partial charge in [-0.1, -0.05) is 18.2 Å². The summed E-state index contributed by atoms with van der Waals surface area (Å²) >= 11 is 1.73. The van der Waals surface area contributed by atoms with Gasteiger partial charge in [-0.3, -0.25) is 0 Å². The van der Waals surface area contributed by atoms with Crippen molar-refractivity contribution in [1.29, 1.82) is 0 Å². The molecule has 3 N–H and O–H groups in total. The summed E-state index contributed by atoms with van der Waals surface area (Å²) in [5.74, 6) is 0. The highest BCUT2D eigenvalue weighted by atomic mass is 32.1. The van der Waals surface area contributed by atoms with Gasteiger partial charge in [-0.25, -0.2) is 0 Å². The highest BCUT2D eigenvalue weighted by molar-refractivity contribution is 7.09. The van der Waals surface area contributed by atoms with Crippen LogP contribution in [0, 0.1) is 0 Å². The molecule has 1 heterocycles. The fourth-order valence-electron chi connectivity index (χ4n) is 1.67. The van der Waals surface area contributed by atoms with E-state index in [1.165, 1.54) is 4.88 Å². The Bertz CT molecular complexity index is 439. The van der Waals surface area contributed by atoms with Crippen molar-refractivity contribution in [3.63, 3.8) is 0 Å². The molecule has 2 rings (SSSR count). The average Bonchev–Trinajstić information content (AvgIpc) is 2.78. The maximum Gasteiger partial charge on any atom is 0.0794 e. The van der Waals surface area contributed by atoms with Crippen LogP contribution in [0.5, 0.6) is 0 Å². The van der Waals surface area contributed by atoms with Crippen LogP contribution in [0.3, 0.4) is 0 Å². The molecule has 3 heteroatoms. The molecule has 0 aliphatic carbocycles. The summed E-state index contributed by atoms with van der Waals surface area (Å²) in [6.07, 6.45) is 1.23. The molecule has 1 atom stereocenters. The van der Waals surface area contributed by atoms with E-state index in [9.17, 15) is 5.11 Å². The standard InChI is InChI=1S/C13H15NOS/c14-11-4-1-3-10(9-11)13(15)7-6-12-5-2-8-16-12/h1-5,8-9,13,15H,6-7,14H2. The number of nitrogens with two attached hydrogens (primary N) is 1. The number of hydrogen-bond donors (Lipinski definition) is 2. The fraction of sp³-hybridized carbons (Fsp3) is 0.231. The average molecular weight is 233 g/mol. The minimum Gasteiger partial charge on any atom is -0.399 e. The van der Waals surface area contributed by atoms with Crippen LogP contribution >= 0.6 is 11.3 Å². The highest BCUT2D eigenvalue weighted by Gasteiger charge is 2.08. The van der Waals surface area contributed by atoms with Crippen molar-refractivity contribution in [2.45, 2.75) is 18.9 Å². The Morgan fingerprint density at radius 2 is 2.12 bits per heavy atom. The van der Waals surface area contributed by atoms with Gasteiger partial charge >= 0.3 is 0 Å². The molecule has 0 spiro atoms. The first-order chi connectivity index (χ1) is 7.75. The number of thiophene rings is 1. The van der Waals surface area contributed by atoms with Crippen LogP contribution in [0.15, 0.2) is 41.8 Å². The van der Waals surface area contributed by atoms with Crippen molar-refractivity contribution in [3.8, 4) is 0 Å². The molecule has 0 aliphatic heterocycles. The normalized spacial score (nSPS) is 12.6. The third kappa shape index (κ3) is 2.84. The second-order valence-corrected chi connectivity index (χ2v) is 4.84. The maximum absolute atomic E-state index is 9.99. The summed E-state index contributed by atoms with van der Waals surface area (Å²) in [7, 11) is 0. The molecule has 0 saturated heterocycles. The zero-order valence-electron chi connectivity index (χ0n) is 8.97. The van der Waals surface area contributed by atoms with Gasteiger partial charge in [0.25, 0.3) is 0 Å². The predicted octanol–water partition coefficient (Wildman–Crippen LogP) is 3.00. The number of nitrogen functional groups attached to an aromatic ring is 1. The van der Waals surface area contributed by atoms with Crippen LogP contribution in [0.2, 0.25) is 0 Å². The topological polar surface area (TPSA) is 46.2 Å². The van der Waals surface area contributed by atoms with Crippen LogP contribution in [-0.4, -0.2) is 5.11 Å². The molecule has 0 bridgehead atoms. The minimum atomic E-state index is -0.425. The Kier molecular flexibility index (Phi) is 3.59. The van der Waals surface area contributed by atoms with E-state index in [-0.39, 0.29) is 0 Å². The van der Waals surface area contributed by atoms with Gasteiger partial charge < -0.3 is 10.8 Å². The molecule has 0 fully saturated rings. The van der Waals surface area contributed by atoms with Gasteiger partial charge in [-0.2, -0.15) is 0 Å². The van der Waals surface area contributed by atoms with Crippen molar-refractivity contribution in [3.05, 3.63) is 52.2 Å². The lowest BCUT2D eigenvalue weighted by molar-refractivity contribution is 0.168. The number of rotatable bonds is 4. The SMILES string of the molecule is Nc1cccc(C(O)CCc2cccs2)c1. The van der Waals surface area contributed by atoms with E-state index in [2.05, 4.69) is 11.4 Å². The van der Waals surface area contributed by atoms with Gasteiger partial charge in [0.2, 0.25) is 0 Å². The monoisotopic (exact) mass is 233 g/mol. The van der Waals surface area contributed by atoms with Gasteiger partial charge in [0.1, 0.15) is 0 Å². The summed E-state index contributed by atoms with van der Waals surface area (Å²) in [5.41, 5.74) is 7.28. The van der Waals surface area contributed by atoms with Crippen LogP contribution in [-0.2, 0) is 6.42 Å². The number of aliphatic hydroxyl groups is 1. The van der Waals surface area contributed by atoms with Gasteiger partial charge in [0.05, 0.1) is 6.10 Å². The predicted molar refractivity (Wildman–Crippen MR) is 68.5 cm³/mol. The first-order valence-electron chi connectivity index (χ1n) is 5.31. The molecule has 0 aliphatic rings. The van der Waals surface area contributed by atoms with E-state index in [0.29, 0.717) is 5.69 Å². The van der Waals surface area contributed by atoms with E-state index in [1.807, 2.05) is 30.3 Å². The molecular formula is C13H15NOS. The Morgan fingerprint density at radius 1 is 1.25 bits per heavy atom. The molecule has 0 amide bonds. The molecular weight excluding hydrogens is 218 g/mol. The summed E-state index contributed by atoms with van der Waals surface area (Å²) in [5, 5.41) is 12.1. The lowest BCUT2D eigenvalue weighted by Crippen LogP contribution is -1.99. The van der Waals surface area contributed by atoms with E-state index in [0.717, 1.165) is 18.4 Å². The van der Waals surface area contributed by atoms with Crippen molar-refractivity contribution >= 4 is 17.0 Å². The van der Waals surface area contributed by atoms with Crippen LogP contribution < -0.4 is 5.73 Å². The molecule has 1 aromatic heterocycles. The molecule has 1 aromatic carbocycles. The minimum absolute atomic E-state index is 0.425. The zero-order valence-corrected chi connectivity index (χ0v) is 9.78. The van der Waals surface area contributed by atoms with Crippen LogP contribution in [0.4, 0.5) is 5.69 Å². The maximum atomic E-state index is 9.99. The van der Waals surface area contributed by atoms with E-state index in [1.54, 1.807) is 11.3 Å². The molecule has 16 heavy (non-hydrogen) atoms. The number of benzene rings is 1. The van der Waals surface area contributed by atoms with E-state index >= 15 is 0 Å². The number of anilines is 1. The number of aryl methyl sites for hydroxylation is 1. The third-order valence-electron chi connectivity index (χ3n) is 2.54. The Balaban J connectivity index is 1.95. The number of aliphatic hydroxyl groups excluding tert-OH is 1. The fourth-order valence-corrected chi connectivity index (χ4v) is 2.39. The second kappa shape index (κ2) is 5.14. The Labute approximate surface area is 99.4 Å². The molecule has 0 saturated carbocycles. The van der Waals surface area contributed by atoms with Crippen molar-refractivity contribution in [1.82, 2.24) is 0 Å². The smallest absolute Gasteiger partial charge is 0.0794 e. The van der Waals surface area contributed by atoms with E-state index in [4.69, 9.17) is 5.73 Å². The van der Waals surface area contributed by atoms with Crippen molar-refractivity contribution in [2.75, 3.05) is 5.73 Å². The van der Waals surface area contributed by atoms with Gasteiger partial charge in [0.15, 0.2) is 0 Å². The first kappa shape index (κ1) is 11.2. The van der Waals surface area contributed by atoms with Gasteiger partial charge in [-0.05, 0) is 42.0 Å². The van der Waals surface area contributed by atoms with Crippen LogP contribution in [0.25, 0.3) is 0 Å². The molecule has 2 nitrogen and oxygen atoms in total. The lowest BCUT2D eigenvalue weighted by Gasteiger charge is -2.10. The summed E-state index contributed by atoms with van der Waals surface area (Å²) < 4.78 is 0. The molecule has 0 radical (unpaired) electrons. The van der Waals surface area contributed by atoms with Crippen molar-refractivity contribution < 1.29 is 5.11 Å². The summed E-state index contributed by atoms with van der Waals surface area (Å²) in [6.45, 7) is 0. The summed E-state index contributed by atoms with van der Waals surface area (Å²) in [6, 6.07) is 11.6. The third-order valence-corrected chi connectivity index (χ3v) is 3.48. The van der Waals surface area contributed by atoms with Gasteiger partial charge in [-0.15, -0.1) is 11.3 Å². The zero-order chi connectivity index (χ0) is 11.4. The van der Waals surface area contributed by atoms with Gasteiger partial charge in [0, 0.05) is 10.6 Å². The number of hydrogen-bond acceptors (Lipinski definition) is 3. The largest absolute Gasteiger partial charge is 0.399 e. The first-order valence-corrected chi connectivity index (χ1v) is 6.19. The van der Waals surface area contributed by atoms with E-state index < -0.39 is 6.10 Å². The highest BCUT2D eigenvalue weighted by Crippen LogP contribution is 2.22. The van der Waals surface area contributed by atoms with Crippen molar-refractivity contribution in [2.24, 2.45) is 0 Å². The molecule has 2 aromatic rings. The van der Waals surface area contributed by atoms with Crippen LogP contribution in [0.1, 0.15) is 23.0 Å². The quantitative estimate of drug-likeness (QED) is 0.797. The molecule has 84 valence electrons. The second-order valence-electron chi connectivity index (χ2n) is 3.80.